The standard InChI is InChI=1S/C9H16N4O2S/c1-8-6-11-9(12-7-8)10-4-3-5-13-16(2,14)15/h6-7,13H,3-5H2,1-2H3,(H,10,11,12). The first kappa shape index (κ1) is 12.9. The largest absolute Gasteiger partial charge is 0.354 e. The van der Waals surface area contributed by atoms with Gasteiger partial charge in [0.25, 0.3) is 0 Å². The third kappa shape index (κ3) is 5.62. The van der Waals surface area contributed by atoms with Gasteiger partial charge < -0.3 is 5.32 Å². The van der Waals surface area contributed by atoms with Gasteiger partial charge in [0.2, 0.25) is 16.0 Å². The molecule has 0 atom stereocenters. The van der Waals surface area contributed by atoms with Crippen LogP contribution in [0.25, 0.3) is 0 Å². The van der Waals surface area contributed by atoms with Gasteiger partial charge in [-0.1, -0.05) is 0 Å². The van der Waals surface area contributed by atoms with Crippen LogP contribution in [0.4, 0.5) is 5.95 Å². The predicted molar refractivity (Wildman–Crippen MR) is 62.7 cm³/mol. The maximum atomic E-state index is 10.7. The predicted octanol–water partition coefficient (Wildman–Crippen LogP) is 0.136. The lowest BCUT2D eigenvalue weighted by Crippen LogP contribution is -2.24. The van der Waals surface area contributed by atoms with Gasteiger partial charge in [-0.05, 0) is 18.9 Å². The van der Waals surface area contributed by atoms with Crippen LogP contribution in [0.1, 0.15) is 12.0 Å². The molecule has 0 saturated carbocycles. The molecule has 0 aliphatic heterocycles. The van der Waals surface area contributed by atoms with Crippen molar-refractivity contribution in [2.75, 3.05) is 24.7 Å². The van der Waals surface area contributed by atoms with E-state index in [-0.39, 0.29) is 0 Å². The highest BCUT2D eigenvalue weighted by Gasteiger charge is 1.99. The van der Waals surface area contributed by atoms with Crippen LogP contribution in [0.2, 0.25) is 0 Å². The lowest BCUT2D eigenvalue weighted by Gasteiger charge is -2.04. The molecule has 0 radical (unpaired) electrons. The number of hydrogen-bond donors (Lipinski definition) is 2. The quantitative estimate of drug-likeness (QED) is 0.695. The second-order valence-corrected chi connectivity index (χ2v) is 5.36. The van der Waals surface area contributed by atoms with Gasteiger partial charge in [0.15, 0.2) is 0 Å². The van der Waals surface area contributed by atoms with E-state index in [0.717, 1.165) is 11.8 Å². The summed E-state index contributed by atoms with van der Waals surface area (Å²) in [6.07, 6.45) is 5.28. The molecule has 0 aliphatic rings. The monoisotopic (exact) mass is 244 g/mol. The molecule has 2 N–H and O–H groups in total. The Morgan fingerprint density at radius 2 is 1.88 bits per heavy atom. The summed E-state index contributed by atoms with van der Waals surface area (Å²) in [6, 6.07) is 0. The van der Waals surface area contributed by atoms with Crippen molar-refractivity contribution >= 4 is 16.0 Å². The van der Waals surface area contributed by atoms with E-state index in [1.807, 2.05) is 6.92 Å². The van der Waals surface area contributed by atoms with Crippen molar-refractivity contribution in [3.05, 3.63) is 18.0 Å². The van der Waals surface area contributed by atoms with Crippen molar-refractivity contribution < 1.29 is 8.42 Å². The third-order valence-corrected chi connectivity index (χ3v) is 2.51. The number of hydrogen-bond acceptors (Lipinski definition) is 5. The van der Waals surface area contributed by atoms with Crippen LogP contribution < -0.4 is 10.0 Å². The fourth-order valence-corrected chi connectivity index (χ4v) is 1.55. The van der Waals surface area contributed by atoms with Gasteiger partial charge in [-0.2, -0.15) is 0 Å². The fourth-order valence-electron chi connectivity index (χ4n) is 1.03. The molecular formula is C9H16N4O2S. The number of aryl methyl sites for hydroxylation is 1. The van der Waals surface area contributed by atoms with E-state index in [2.05, 4.69) is 20.0 Å². The highest BCUT2D eigenvalue weighted by atomic mass is 32.2. The van der Waals surface area contributed by atoms with E-state index in [1.54, 1.807) is 12.4 Å². The topological polar surface area (TPSA) is 84.0 Å². The second-order valence-electron chi connectivity index (χ2n) is 3.53. The molecule has 1 aromatic heterocycles. The Bertz CT molecular complexity index is 416. The van der Waals surface area contributed by atoms with Gasteiger partial charge in [0.05, 0.1) is 6.26 Å². The van der Waals surface area contributed by atoms with E-state index in [0.29, 0.717) is 25.5 Å². The first-order chi connectivity index (χ1) is 7.47. The van der Waals surface area contributed by atoms with Crippen molar-refractivity contribution in [2.24, 2.45) is 0 Å². The first-order valence-corrected chi connectivity index (χ1v) is 6.84. The lowest BCUT2D eigenvalue weighted by molar-refractivity contribution is 0.586. The molecule has 16 heavy (non-hydrogen) atoms. The molecule has 0 amide bonds. The summed E-state index contributed by atoms with van der Waals surface area (Å²) in [5, 5.41) is 3.00. The van der Waals surface area contributed by atoms with Crippen LogP contribution in [0.3, 0.4) is 0 Å². The Balaban J connectivity index is 2.19. The van der Waals surface area contributed by atoms with Crippen LogP contribution in [0.5, 0.6) is 0 Å². The smallest absolute Gasteiger partial charge is 0.222 e. The van der Waals surface area contributed by atoms with Crippen molar-refractivity contribution in [3.8, 4) is 0 Å². The summed E-state index contributed by atoms with van der Waals surface area (Å²) in [4.78, 5) is 8.13. The van der Waals surface area contributed by atoms with Crippen LogP contribution in [-0.2, 0) is 10.0 Å². The van der Waals surface area contributed by atoms with E-state index < -0.39 is 10.0 Å². The summed E-state index contributed by atoms with van der Waals surface area (Å²) in [5.41, 5.74) is 1.00. The van der Waals surface area contributed by atoms with E-state index in [1.165, 1.54) is 0 Å². The molecule has 6 nitrogen and oxygen atoms in total. The van der Waals surface area contributed by atoms with Gasteiger partial charge >= 0.3 is 0 Å². The molecule has 90 valence electrons. The van der Waals surface area contributed by atoms with E-state index in [4.69, 9.17) is 0 Å². The number of aromatic nitrogens is 2. The molecule has 0 fully saturated rings. The fraction of sp³-hybridized carbons (Fsp3) is 0.556. The number of sulfonamides is 1. The van der Waals surface area contributed by atoms with Crippen LogP contribution in [0, 0.1) is 6.92 Å². The molecule has 0 bridgehead atoms. The average Bonchev–Trinajstić information content (AvgIpc) is 2.19. The Kier molecular flexibility index (Phi) is 4.63. The highest BCUT2D eigenvalue weighted by Crippen LogP contribution is 1.97. The first-order valence-electron chi connectivity index (χ1n) is 4.94. The summed E-state index contributed by atoms with van der Waals surface area (Å²) in [7, 11) is -3.08. The number of anilines is 1. The van der Waals surface area contributed by atoms with Crippen molar-refractivity contribution in [1.29, 1.82) is 0 Å². The number of nitrogens with one attached hydrogen (secondary N) is 2. The molecule has 0 unspecified atom stereocenters. The SMILES string of the molecule is Cc1cnc(NCCCNS(C)(=O)=O)nc1. The minimum atomic E-state index is -3.08. The molecule has 1 heterocycles. The zero-order valence-corrected chi connectivity index (χ0v) is 10.2. The summed E-state index contributed by atoms with van der Waals surface area (Å²) < 4.78 is 23.9. The molecule has 1 rings (SSSR count). The minimum Gasteiger partial charge on any atom is -0.354 e. The molecule has 7 heteroatoms. The van der Waals surface area contributed by atoms with Crippen molar-refractivity contribution in [2.45, 2.75) is 13.3 Å². The zero-order valence-electron chi connectivity index (χ0n) is 9.40. The Morgan fingerprint density at radius 3 is 2.44 bits per heavy atom. The summed E-state index contributed by atoms with van der Waals surface area (Å²) in [6.45, 7) is 2.96. The second kappa shape index (κ2) is 5.76. The van der Waals surface area contributed by atoms with Crippen LogP contribution >= 0.6 is 0 Å². The van der Waals surface area contributed by atoms with Gasteiger partial charge in [0, 0.05) is 25.5 Å². The van der Waals surface area contributed by atoms with E-state index in [9.17, 15) is 8.42 Å². The van der Waals surface area contributed by atoms with Crippen molar-refractivity contribution in [1.82, 2.24) is 14.7 Å². The van der Waals surface area contributed by atoms with Crippen LogP contribution in [-0.4, -0.2) is 37.7 Å². The van der Waals surface area contributed by atoms with Crippen LogP contribution in [0.15, 0.2) is 12.4 Å². The maximum Gasteiger partial charge on any atom is 0.222 e. The third-order valence-electron chi connectivity index (χ3n) is 1.78. The van der Waals surface area contributed by atoms with Gasteiger partial charge in [0.1, 0.15) is 0 Å². The van der Waals surface area contributed by atoms with Gasteiger partial charge in [-0.15, -0.1) is 0 Å². The summed E-state index contributed by atoms with van der Waals surface area (Å²) in [5.74, 6) is 0.560. The number of nitrogens with zero attached hydrogens (tertiary/aromatic N) is 2. The molecule has 0 aliphatic carbocycles. The summed E-state index contributed by atoms with van der Waals surface area (Å²) >= 11 is 0. The average molecular weight is 244 g/mol. The molecule has 0 saturated heterocycles. The molecule has 0 aromatic carbocycles. The Morgan fingerprint density at radius 1 is 1.25 bits per heavy atom. The molecular weight excluding hydrogens is 228 g/mol. The number of rotatable bonds is 6. The zero-order chi connectivity index (χ0) is 12.0. The maximum absolute atomic E-state index is 10.7. The van der Waals surface area contributed by atoms with Gasteiger partial charge in [-0.3, -0.25) is 0 Å². The highest BCUT2D eigenvalue weighted by molar-refractivity contribution is 7.88. The molecule has 0 spiro atoms. The lowest BCUT2D eigenvalue weighted by atomic mass is 10.4. The normalized spacial score (nSPS) is 11.4. The Hall–Kier alpha value is -1.21. The van der Waals surface area contributed by atoms with E-state index >= 15 is 0 Å². The van der Waals surface area contributed by atoms with Gasteiger partial charge in [-0.25, -0.2) is 23.1 Å². The molecule has 1 aromatic rings. The van der Waals surface area contributed by atoms with Crippen molar-refractivity contribution in [3.63, 3.8) is 0 Å². The Labute approximate surface area is 95.6 Å². The minimum absolute atomic E-state index is 0.414.